The van der Waals surface area contributed by atoms with Gasteiger partial charge in [-0.2, -0.15) is 0 Å². The number of rotatable bonds is 0. The third-order valence-corrected chi connectivity index (χ3v) is 1.21. The van der Waals surface area contributed by atoms with Crippen molar-refractivity contribution in [2.75, 3.05) is 0 Å². The van der Waals surface area contributed by atoms with Crippen molar-refractivity contribution >= 4 is 25.0 Å². The molecule has 0 atom stereocenters. The summed E-state index contributed by atoms with van der Waals surface area (Å²) < 4.78 is 5.34. The monoisotopic (exact) mass is 186 g/mol. The number of hydrogen-bond donors (Lipinski definition) is 2. The van der Waals surface area contributed by atoms with Crippen LogP contribution in [0.4, 0.5) is 4.79 Å². The Hall–Kier alpha value is -1.50. The Morgan fingerprint density at radius 2 is 2.50 bits per heavy atom. The smallest absolute Gasteiger partial charge is 0.357 e. The minimum absolute atomic E-state index is 0.308. The van der Waals surface area contributed by atoms with Crippen molar-refractivity contribution in [3.63, 3.8) is 0 Å². The number of aromatic nitrogens is 2. The fourth-order valence-electron chi connectivity index (χ4n) is 0.545. The molecule has 1 aromatic heterocycles. The molecule has 0 saturated carbocycles. The maximum atomic E-state index is 11.0. The molecule has 1 amide bonds. The maximum absolute atomic E-state index is 11.0. The summed E-state index contributed by atoms with van der Waals surface area (Å²) in [6.45, 7) is 0. The second kappa shape index (κ2) is 3.77. The van der Waals surface area contributed by atoms with Crippen molar-refractivity contribution in [3.8, 4) is 0 Å². The molecule has 6 nitrogen and oxygen atoms in total. The first-order valence-corrected chi connectivity index (χ1v) is 3.28. The zero-order valence-corrected chi connectivity index (χ0v) is 6.81. The molecule has 0 spiro atoms. The molecule has 0 bridgehead atoms. The van der Waals surface area contributed by atoms with E-state index in [2.05, 4.69) is 27.1 Å². The van der Waals surface area contributed by atoms with Crippen molar-refractivity contribution in [2.24, 2.45) is 10.7 Å². The Kier molecular flexibility index (Phi) is 2.70. The molecule has 0 unspecified atom stereocenters. The lowest BCUT2D eigenvalue weighted by Crippen LogP contribution is -2.16. The minimum Gasteiger partial charge on any atom is -0.394 e. The Morgan fingerprint density at radius 3 is 3.00 bits per heavy atom. The topological polar surface area (TPSA) is 82.5 Å². The lowest BCUT2D eigenvalue weighted by atomic mass is 10.8. The quantitative estimate of drug-likeness (QED) is 0.259. The predicted octanol–water partition coefficient (Wildman–Crippen LogP) is 0.0273. The van der Waals surface area contributed by atoms with Gasteiger partial charge in [0.25, 0.3) is 0 Å². The highest BCUT2D eigenvalue weighted by Gasteiger charge is 2.01. The summed E-state index contributed by atoms with van der Waals surface area (Å²) in [5.74, 6) is 0. The second-order valence-corrected chi connectivity index (χ2v) is 1.98. The first-order chi connectivity index (χ1) is 5.74. The van der Waals surface area contributed by atoms with Crippen LogP contribution < -0.4 is 5.73 Å². The van der Waals surface area contributed by atoms with E-state index in [1.54, 1.807) is 0 Å². The number of amides is 1. The van der Waals surface area contributed by atoms with Crippen molar-refractivity contribution in [2.45, 2.75) is 0 Å². The number of aliphatic imine (C=N–C) groups is 1. The number of amidine groups is 1. The largest absolute Gasteiger partial charge is 0.394 e. The maximum Gasteiger partial charge on any atom is 0.357 e. The lowest BCUT2D eigenvalue weighted by Gasteiger charge is -1.95. The SMILES string of the molecule is NC(=NC(=O)n1ccnc1)OS. The summed E-state index contributed by atoms with van der Waals surface area (Å²) in [4.78, 5) is 18.0. The van der Waals surface area contributed by atoms with Crippen LogP contribution in [-0.2, 0) is 4.18 Å². The van der Waals surface area contributed by atoms with E-state index in [0.717, 1.165) is 4.57 Å². The van der Waals surface area contributed by atoms with Gasteiger partial charge in [0.15, 0.2) is 0 Å². The van der Waals surface area contributed by atoms with Gasteiger partial charge in [0.2, 0.25) is 0 Å². The van der Waals surface area contributed by atoms with E-state index in [1.165, 1.54) is 18.7 Å². The molecule has 0 radical (unpaired) electrons. The number of carbonyl (C=O) groups excluding carboxylic acids is 1. The van der Waals surface area contributed by atoms with Crippen molar-refractivity contribution < 1.29 is 8.98 Å². The predicted molar refractivity (Wildman–Crippen MR) is 44.7 cm³/mol. The Bertz CT molecular complexity index is 294. The third kappa shape index (κ3) is 1.99. The summed E-state index contributed by atoms with van der Waals surface area (Å²) in [5, 5.41) is 0. The van der Waals surface area contributed by atoms with Crippen LogP contribution in [0.15, 0.2) is 23.7 Å². The van der Waals surface area contributed by atoms with Gasteiger partial charge in [-0.3, -0.25) is 4.57 Å². The first kappa shape index (κ1) is 8.60. The first-order valence-electron chi connectivity index (χ1n) is 2.92. The average Bonchev–Trinajstić information content (AvgIpc) is 2.56. The molecule has 1 rings (SSSR count). The highest BCUT2D eigenvalue weighted by molar-refractivity contribution is 7.75. The van der Waals surface area contributed by atoms with E-state index in [1.807, 2.05) is 0 Å². The fraction of sp³-hybridized carbons (Fsp3) is 0. The van der Waals surface area contributed by atoms with Crippen molar-refractivity contribution in [1.82, 2.24) is 9.55 Å². The molecule has 0 aliphatic rings. The van der Waals surface area contributed by atoms with Gasteiger partial charge in [-0.25, -0.2) is 9.78 Å². The minimum atomic E-state index is -0.584. The van der Waals surface area contributed by atoms with E-state index in [-0.39, 0.29) is 6.02 Å². The van der Waals surface area contributed by atoms with E-state index in [0.29, 0.717) is 0 Å². The van der Waals surface area contributed by atoms with Crippen LogP contribution in [0.1, 0.15) is 0 Å². The number of thiol groups is 1. The summed E-state index contributed by atoms with van der Waals surface area (Å²) in [5.41, 5.74) is 5.08. The standard InChI is InChI=1S/C5H6N4O2S/c6-4(11-12)8-5(10)9-2-1-7-3-9/h1-3,12H,(H2,6,8,10). The number of imidazole rings is 1. The molecule has 0 fully saturated rings. The van der Waals surface area contributed by atoms with E-state index < -0.39 is 6.03 Å². The van der Waals surface area contributed by atoms with Gasteiger partial charge in [-0.15, -0.1) is 4.99 Å². The summed E-state index contributed by atoms with van der Waals surface area (Å²) in [7, 11) is 0. The zero-order valence-electron chi connectivity index (χ0n) is 5.91. The van der Waals surface area contributed by atoms with Gasteiger partial charge >= 0.3 is 12.1 Å². The Morgan fingerprint density at radius 1 is 1.75 bits per heavy atom. The molecule has 7 heteroatoms. The molecule has 2 N–H and O–H groups in total. The van der Waals surface area contributed by atoms with Crippen LogP contribution in [0.3, 0.4) is 0 Å². The second-order valence-electron chi connectivity index (χ2n) is 1.79. The summed E-state index contributed by atoms with van der Waals surface area (Å²) >= 11 is 3.35. The third-order valence-electron chi connectivity index (χ3n) is 1.02. The van der Waals surface area contributed by atoms with Crippen LogP contribution in [0.5, 0.6) is 0 Å². The number of nitrogens with zero attached hydrogens (tertiary/aromatic N) is 3. The van der Waals surface area contributed by atoms with Gasteiger partial charge in [-0.05, 0) is 0 Å². The molecule has 1 heterocycles. The molecular formula is C5H6N4O2S. The molecule has 0 aliphatic carbocycles. The number of nitrogens with two attached hydrogens (primary N) is 1. The summed E-state index contributed by atoms with van der Waals surface area (Å²) in [6, 6.07) is -0.893. The highest BCUT2D eigenvalue weighted by Crippen LogP contribution is 1.89. The molecule has 64 valence electrons. The molecule has 0 aliphatic heterocycles. The average molecular weight is 186 g/mol. The number of hydrogen-bond acceptors (Lipinski definition) is 4. The fourth-order valence-corrected chi connectivity index (χ4v) is 0.586. The van der Waals surface area contributed by atoms with Crippen LogP contribution >= 0.6 is 12.9 Å². The van der Waals surface area contributed by atoms with E-state index in [4.69, 9.17) is 5.73 Å². The highest BCUT2D eigenvalue weighted by atomic mass is 32.1. The number of carbonyl (C=O) groups is 1. The van der Waals surface area contributed by atoms with Crippen LogP contribution in [0.25, 0.3) is 0 Å². The molecule has 1 aromatic rings. The van der Waals surface area contributed by atoms with E-state index in [9.17, 15) is 4.79 Å². The zero-order chi connectivity index (χ0) is 8.97. The van der Waals surface area contributed by atoms with E-state index >= 15 is 0 Å². The Balaban J connectivity index is 2.74. The van der Waals surface area contributed by atoms with Gasteiger partial charge < -0.3 is 9.92 Å². The Labute approximate surface area is 73.7 Å². The molecule has 12 heavy (non-hydrogen) atoms. The van der Waals surface area contributed by atoms with Gasteiger partial charge in [0.05, 0.1) is 0 Å². The van der Waals surface area contributed by atoms with Crippen LogP contribution in [0, 0.1) is 0 Å². The molecule has 0 aromatic carbocycles. The van der Waals surface area contributed by atoms with Gasteiger partial charge in [0, 0.05) is 25.3 Å². The van der Waals surface area contributed by atoms with Crippen molar-refractivity contribution in [1.29, 1.82) is 0 Å². The van der Waals surface area contributed by atoms with Gasteiger partial charge in [0.1, 0.15) is 6.33 Å². The molecule has 0 saturated heterocycles. The molecular weight excluding hydrogens is 180 g/mol. The lowest BCUT2D eigenvalue weighted by molar-refractivity contribution is 0.250. The van der Waals surface area contributed by atoms with Crippen molar-refractivity contribution in [3.05, 3.63) is 18.7 Å². The van der Waals surface area contributed by atoms with Gasteiger partial charge in [-0.1, -0.05) is 0 Å². The van der Waals surface area contributed by atoms with Crippen LogP contribution in [0.2, 0.25) is 0 Å². The summed E-state index contributed by atoms with van der Waals surface area (Å²) in [6.07, 6.45) is 4.19. The van der Waals surface area contributed by atoms with Crippen LogP contribution in [-0.4, -0.2) is 21.6 Å². The normalized spacial score (nSPS) is 11.2.